The van der Waals surface area contributed by atoms with Gasteiger partial charge < -0.3 is 4.52 Å². The molecule has 2 nitrogen and oxygen atoms in total. The van der Waals surface area contributed by atoms with Crippen molar-refractivity contribution in [2.45, 2.75) is 31.7 Å². The minimum absolute atomic E-state index is 0.224. The molecule has 0 radical (unpaired) electrons. The molecule has 1 saturated carbocycles. The number of hydrogen-bond acceptors (Lipinski definition) is 2. The van der Waals surface area contributed by atoms with Crippen LogP contribution in [0.1, 0.15) is 25.7 Å². The Kier molecular flexibility index (Phi) is 2.12. The summed E-state index contributed by atoms with van der Waals surface area (Å²) < 4.78 is 8.52. The summed E-state index contributed by atoms with van der Waals surface area (Å²) in [4.78, 5) is 0. The molecule has 0 aromatic rings. The molecule has 13 heavy (non-hydrogen) atoms. The molecule has 0 spiro atoms. The summed E-state index contributed by atoms with van der Waals surface area (Å²) in [7, 11) is -0.224. The predicted octanol–water partition coefficient (Wildman–Crippen LogP) is 2.45. The van der Waals surface area contributed by atoms with Gasteiger partial charge in [0.1, 0.15) is 8.30 Å². The molecule has 2 aliphatic heterocycles. The number of hydrogen-bond donors (Lipinski definition) is 0. The second kappa shape index (κ2) is 3.18. The van der Waals surface area contributed by atoms with E-state index in [1.165, 1.54) is 32.2 Å². The highest BCUT2D eigenvalue weighted by Crippen LogP contribution is 2.55. The zero-order valence-electron chi connectivity index (χ0n) is 8.28. The molecule has 3 heteroatoms. The Morgan fingerprint density at radius 2 is 2.15 bits per heavy atom. The van der Waals surface area contributed by atoms with E-state index in [4.69, 9.17) is 4.52 Å². The Morgan fingerprint density at radius 1 is 1.31 bits per heavy atom. The van der Waals surface area contributed by atoms with E-state index in [0.29, 0.717) is 0 Å². The average Bonchev–Trinajstić information content (AvgIpc) is 2.48. The van der Waals surface area contributed by atoms with E-state index in [9.17, 15) is 0 Å². The van der Waals surface area contributed by atoms with Gasteiger partial charge in [0.2, 0.25) is 0 Å². The Hall–Kier alpha value is 0.350. The molecule has 0 amide bonds. The van der Waals surface area contributed by atoms with Gasteiger partial charge in [-0.15, -0.1) is 0 Å². The summed E-state index contributed by atoms with van der Waals surface area (Å²) in [5, 5.41) is 0. The minimum Gasteiger partial charge on any atom is -0.343 e. The van der Waals surface area contributed by atoms with Crippen LogP contribution in [0.2, 0.25) is 0 Å². The summed E-state index contributed by atoms with van der Waals surface area (Å²) >= 11 is 0. The number of nitrogens with zero attached hydrogens (tertiary/aromatic N) is 1. The van der Waals surface area contributed by atoms with E-state index >= 15 is 0 Å². The monoisotopic (exact) mass is 199 g/mol. The molecule has 3 rings (SSSR count). The van der Waals surface area contributed by atoms with Crippen molar-refractivity contribution in [2.75, 3.05) is 19.8 Å². The summed E-state index contributed by atoms with van der Waals surface area (Å²) in [6.45, 7) is 4.68. The highest BCUT2D eigenvalue weighted by Gasteiger charge is 2.47. The third kappa shape index (κ3) is 1.26. The quantitative estimate of drug-likeness (QED) is 0.556. The molecule has 5 atom stereocenters. The van der Waals surface area contributed by atoms with Gasteiger partial charge in [0.15, 0.2) is 0 Å². The first kappa shape index (κ1) is 8.64. The lowest BCUT2D eigenvalue weighted by Crippen LogP contribution is -2.30. The van der Waals surface area contributed by atoms with Crippen LogP contribution in [-0.4, -0.2) is 30.5 Å². The lowest BCUT2D eigenvalue weighted by atomic mass is 9.80. The van der Waals surface area contributed by atoms with Crippen LogP contribution in [0, 0.1) is 11.8 Å². The van der Waals surface area contributed by atoms with Crippen molar-refractivity contribution in [3.05, 3.63) is 0 Å². The third-order valence-corrected chi connectivity index (χ3v) is 5.73. The van der Waals surface area contributed by atoms with Crippen LogP contribution >= 0.6 is 8.30 Å². The number of rotatable bonds is 0. The lowest BCUT2D eigenvalue weighted by molar-refractivity contribution is 0.208. The van der Waals surface area contributed by atoms with Gasteiger partial charge in [-0.2, -0.15) is 0 Å². The maximum absolute atomic E-state index is 5.85. The SMILES string of the molecule is CP1OC[C@H]2CN1[C@@H]1CCCC[C@H]21. The van der Waals surface area contributed by atoms with Gasteiger partial charge in [0.25, 0.3) is 0 Å². The fourth-order valence-electron chi connectivity index (χ4n) is 3.35. The van der Waals surface area contributed by atoms with E-state index < -0.39 is 0 Å². The topological polar surface area (TPSA) is 12.5 Å². The van der Waals surface area contributed by atoms with Crippen molar-refractivity contribution in [1.29, 1.82) is 0 Å². The normalized spacial score (nSPS) is 54.7. The van der Waals surface area contributed by atoms with Gasteiger partial charge in [-0.25, -0.2) is 0 Å². The molecular formula is C10H18NOP. The van der Waals surface area contributed by atoms with Crippen LogP contribution in [0.25, 0.3) is 0 Å². The lowest BCUT2D eigenvalue weighted by Gasteiger charge is -2.33. The largest absolute Gasteiger partial charge is 0.343 e. The fraction of sp³-hybridized carbons (Fsp3) is 1.00. The Balaban J connectivity index is 1.85. The Bertz CT molecular complexity index is 209. The Morgan fingerprint density at radius 3 is 3.08 bits per heavy atom. The summed E-state index contributed by atoms with van der Waals surface area (Å²) in [5.74, 6) is 1.87. The van der Waals surface area contributed by atoms with Gasteiger partial charge in [0, 0.05) is 18.5 Å². The van der Waals surface area contributed by atoms with Gasteiger partial charge in [-0.05, 0) is 25.4 Å². The standard InChI is InChI=1S/C10H18NOP/c1-13-11-6-8(7-12-13)9-4-2-3-5-10(9)11/h8-10H,2-7H2,1H3/t8-,9-,10-,13?/m1/s1. The predicted molar refractivity (Wildman–Crippen MR) is 54.7 cm³/mol. The smallest absolute Gasteiger partial charge is 0.101 e. The molecule has 2 bridgehead atoms. The van der Waals surface area contributed by atoms with Crippen molar-refractivity contribution in [3.8, 4) is 0 Å². The summed E-state index contributed by atoms with van der Waals surface area (Å²) in [6, 6.07) is 0.900. The average molecular weight is 199 g/mol. The van der Waals surface area contributed by atoms with Crippen LogP contribution < -0.4 is 0 Å². The van der Waals surface area contributed by atoms with E-state index in [-0.39, 0.29) is 8.30 Å². The van der Waals surface area contributed by atoms with Crippen molar-refractivity contribution in [3.63, 3.8) is 0 Å². The first-order chi connectivity index (χ1) is 6.36. The van der Waals surface area contributed by atoms with Gasteiger partial charge >= 0.3 is 0 Å². The van der Waals surface area contributed by atoms with Crippen LogP contribution in [-0.2, 0) is 4.52 Å². The van der Waals surface area contributed by atoms with Crippen LogP contribution in [0.5, 0.6) is 0 Å². The highest BCUT2D eigenvalue weighted by atomic mass is 31.2. The van der Waals surface area contributed by atoms with Gasteiger partial charge in [0.05, 0.1) is 6.61 Å². The van der Waals surface area contributed by atoms with Crippen molar-refractivity contribution < 1.29 is 4.52 Å². The van der Waals surface area contributed by atoms with Crippen molar-refractivity contribution in [2.24, 2.45) is 11.8 Å². The molecule has 3 fully saturated rings. The second-order valence-corrected chi connectivity index (χ2v) is 6.36. The summed E-state index contributed by atoms with van der Waals surface area (Å²) in [6.07, 6.45) is 5.83. The van der Waals surface area contributed by atoms with E-state index in [1.807, 2.05) is 0 Å². The van der Waals surface area contributed by atoms with Crippen LogP contribution in [0.3, 0.4) is 0 Å². The maximum atomic E-state index is 5.85. The van der Waals surface area contributed by atoms with Crippen LogP contribution in [0.15, 0.2) is 0 Å². The number of fused-ring (bicyclic) bond motifs is 5. The Labute approximate surface area is 81.5 Å². The molecular weight excluding hydrogens is 181 g/mol. The van der Waals surface area contributed by atoms with E-state index in [0.717, 1.165) is 24.5 Å². The molecule has 2 heterocycles. The first-order valence-electron chi connectivity index (χ1n) is 5.49. The maximum Gasteiger partial charge on any atom is 0.101 e. The molecule has 3 aliphatic rings. The minimum atomic E-state index is -0.224. The van der Waals surface area contributed by atoms with Crippen molar-refractivity contribution in [1.82, 2.24) is 4.67 Å². The highest BCUT2D eigenvalue weighted by molar-refractivity contribution is 7.49. The molecule has 2 unspecified atom stereocenters. The van der Waals surface area contributed by atoms with Gasteiger partial charge in [-0.1, -0.05) is 12.8 Å². The van der Waals surface area contributed by atoms with Crippen molar-refractivity contribution >= 4 is 8.30 Å². The fourth-order valence-corrected chi connectivity index (χ4v) is 5.05. The molecule has 1 aliphatic carbocycles. The van der Waals surface area contributed by atoms with Gasteiger partial charge in [-0.3, -0.25) is 4.67 Å². The molecule has 0 N–H and O–H groups in total. The zero-order chi connectivity index (χ0) is 8.84. The van der Waals surface area contributed by atoms with E-state index in [2.05, 4.69) is 11.3 Å². The third-order valence-electron chi connectivity index (χ3n) is 4.03. The molecule has 74 valence electrons. The summed E-state index contributed by atoms with van der Waals surface area (Å²) in [5.41, 5.74) is 0. The second-order valence-electron chi connectivity index (χ2n) is 4.66. The van der Waals surface area contributed by atoms with E-state index in [1.54, 1.807) is 0 Å². The molecule has 0 aromatic carbocycles. The zero-order valence-corrected chi connectivity index (χ0v) is 9.17. The first-order valence-corrected chi connectivity index (χ1v) is 7.15. The molecule has 2 saturated heterocycles. The molecule has 0 aromatic heterocycles. The van der Waals surface area contributed by atoms with Crippen LogP contribution in [0.4, 0.5) is 0 Å².